The van der Waals surface area contributed by atoms with Crippen LogP contribution in [0.1, 0.15) is 41.6 Å². The van der Waals surface area contributed by atoms with Crippen LogP contribution in [0.2, 0.25) is 0 Å². The second-order valence-corrected chi connectivity index (χ2v) is 4.29. The van der Waals surface area contributed by atoms with Crippen LogP contribution in [0.25, 0.3) is 0 Å². The molecule has 1 unspecified atom stereocenters. The van der Waals surface area contributed by atoms with Crippen LogP contribution in [0.5, 0.6) is 5.75 Å². The van der Waals surface area contributed by atoms with E-state index in [0.29, 0.717) is 24.2 Å². The fourth-order valence-electron chi connectivity index (χ4n) is 1.87. The molecule has 5 nitrogen and oxygen atoms in total. The van der Waals surface area contributed by atoms with Gasteiger partial charge in [0, 0.05) is 24.2 Å². The van der Waals surface area contributed by atoms with Crippen LogP contribution in [-0.4, -0.2) is 23.4 Å². The van der Waals surface area contributed by atoms with E-state index in [4.69, 9.17) is 9.94 Å². The van der Waals surface area contributed by atoms with E-state index in [1.165, 1.54) is 0 Å². The Balaban J connectivity index is 2.22. The fourth-order valence-corrected chi connectivity index (χ4v) is 1.87. The number of fused-ring (bicyclic) bond motifs is 1. The summed E-state index contributed by atoms with van der Waals surface area (Å²) in [5, 5.41) is 8.69. The zero-order valence-corrected chi connectivity index (χ0v) is 10.1. The minimum atomic E-state index is -0.282. The number of benzene rings is 1. The Bertz CT molecular complexity index is 484. The van der Waals surface area contributed by atoms with E-state index < -0.39 is 0 Å². The molecule has 0 spiro atoms. The van der Waals surface area contributed by atoms with Crippen LogP contribution in [0.4, 0.5) is 0 Å². The molecular weight excluding hydrogens is 234 g/mol. The molecule has 18 heavy (non-hydrogen) atoms. The molecule has 1 atom stereocenters. The third-order valence-corrected chi connectivity index (χ3v) is 3.02. The predicted molar refractivity (Wildman–Crippen MR) is 64.3 cm³/mol. The summed E-state index contributed by atoms with van der Waals surface area (Å²) >= 11 is 0. The summed E-state index contributed by atoms with van der Waals surface area (Å²) in [6.45, 7) is 1.78. The normalized spacial score (nSPS) is 17.7. The van der Waals surface area contributed by atoms with Gasteiger partial charge in [-0.3, -0.25) is 9.59 Å². The van der Waals surface area contributed by atoms with Gasteiger partial charge in [-0.15, -0.1) is 0 Å². The number of aliphatic hydroxyl groups excluding tert-OH is 1. The predicted octanol–water partition coefficient (Wildman–Crippen LogP) is 1.17. The van der Waals surface area contributed by atoms with Gasteiger partial charge in [0.05, 0.1) is 5.92 Å². The number of amides is 1. The molecule has 0 saturated carbocycles. The van der Waals surface area contributed by atoms with Crippen molar-refractivity contribution in [1.82, 2.24) is 5.48 Å². The summed E-state index contributed by atoms with van der Waals surface area (Å²) in [4.78, 5) is 28.3. The van der Waals surface area contributed by atoms with E-state index in [1.54, 1.807) is 25.1 Å². The maximum Gasteiger partial charge on any atom is 0.259 e. The molecule has 1 aromatic rings. The van der Waals surface area contributed by atoms with Crippen molar-refractivity contribution in [3.8, 4) is 5.75 Å². The lowest BCUT2D eigenvalue weighted by molar-refractivity contribution is -0.130. The first kappa shape index (κ1) is 12.6. The van der Waals surface area contributed by atoms with Crippen molar-refractivity contribution >= 4 is 11.7 Å². The van der Waals surface area contributed by atoms with E-state index in [1.807, 2.05) is 0 Å². The van der Waals surface area contributed by atoms with E-state index in [-0.39, 0.29) is 24.2 Å². The number of hydrogen-bond acceptors (Lipinski definition) is 4. The van der Waals surface area contributed by atoms with Gasteiger partial charge < -0.3 is 9.94 Å². The number of hydrogen-bond donors (Lipinski definition) is 2. The van der Waals surface area contributed by atoms with Gasteiger partial charge in [-0.25, -0.2) is 0 Å². The highest BCUT2D eigenvalue weighted by molar-refractivity contribution is 5.97. The Morgan fingerprint density at radius 1 is 1.50 bits per heavy atom. The molecule has 2 rings (SSSR count). The summed E-state index contributed by atoms with van der Waals surface area (Å²) in [6, 6.07) is 5.06. The second-order valence-electron chi connectivity index (χ2n) is 4.29. The Hall–Kier alpha value is -1.88. The smallest absolute Gasteiger partial charge is 0.259 e. The molecule has 1 aliphatic rings. The summed E-state index contributed by atoms with van der Waals surface area (Å²) in [6.07, 6.45) is 0.751. The molecule has 0 aliphatic carbocycles. The number of carbonyl (C=O) groups is 2. The molecule has 0 saturated heterocycles. The molecule has 96 valence electrons. The first-order valence-electron chi connectivity index (χ1n) is 5.88. The van der Waals surface area contributed by atoms with Gasteiger partial charge in [-0.1, -0.05) is 12.1 Å². The van der Waals surface area contributed by atoms with Crippen molar-refractivity contribution in [3.05, 3.63) is 29.3 Å². The van der Waals surface area contributed by atoms with Gasteiger partial charge in [-0.05, 0) is 19.4 Å². The maximum atomic E-state index is 11.8. The molecule has 0 fully saturated rings. The van der Waals surface area contributed by atoms with Gasteiger partial charge in [-0.2, -0.15) is 5.48 Å². The van der Waals surface area contributed by atoms with Crippen LogP contribution >= 0.6 is 0 Å². The van der Waals surface area contributed by atoms with E-state index >= 15 is 0 Å². The lowest BCUT2D eigenvalue weighted by Gasteiger charge is -2.22. The average Bonchev–Trinajstić information content (AvgIpc) is 2.40. The monoisotopic (exact) mass is 249 g/mol. The van der Waals surface area contributed by atoms with Crippen LogP contribution in [0, 0.1) is 0 Å². The molecule has 0 bridgehead atoms. The quantitative estimate of drug-likeness (QED) is 0.785. The lowest BCUT2D eigenvalue weighted by Crippen LogP contribution is -2.35. The number of carbonyl (C=O) groups excluding carboxylic acids is 2. The highest BCUT2D eigenvalue weighted by Crippen LogP contribution is 2.31. The Labute approximate surface area is 105 Å². The Morgan fingerprint density at radius 2 is 2.28 bits per heavy atom. The molecular formula is C13H15NO4. The van der Waals surface area contributed by atoms with Crippen molar-refractivity contribution < 1.29 is 19.5 Å². The van der Waals surface area contributed by atoms with E-state index in [0.717, 1.165) is 5.56 Å². The summed E-state index contributed by atoms with van der Waals surface area (Å²) in [5.41, 5.74) is 3.62. The largest absolute Gasteiger partial charge is 0.396 e. The number of Topliss-reactive ketones (excluding diaryl/α,β-unsaturated/α-hetero) is 1. The highest BCUT2D eigenvalue weighted by Gasteiger charge is 2.25. The standard InChI is InChI=1S/C13H15NO4/c1-8-10-5-4-9(11(16)3-2-6-15)7-12(10)18-14-13(8)17/h4-5,7-8,15H,2-3,6H2,1H3,(H,14,17). The first-order chi connectivity index (χ1) is 8.63. The highest BCUT2D eigenvalue weighted by atomic mass is 16.7. The molecule has 5 heteroatoms. The lowest BCUT2D eigenvalue weighted by atomic mass is 9.95. The van der Waals surface area contributed by atoms with Crippen molar-refractivity contribution in [1.29, 1.82) is 0 Å². The van der Waals surface area contributed by atoms with Crippen molar-refractivity contribution in [2.24, 2.45) is 0 Å². The average molecular weight is 249 g/mol. The van der Waals surface area contributed by atoms with E-state index in [2.05, 4.69) is 5.48 Å². The van der Waals surface area contributed by atoms with E-state index in [9.17, 15) is 9.59 Å². The zero-order chi connectivity index (χ0) is 13.1. The summed E-state index contributed by atoms with van der Waals surface area (Å²) < 4.78 is 0. The number of rotatable bonds is 4. The van der Waals surface area contributed by atoms with Crippen LogP contribution in [-0.2, 0) is 4.79 Å². The van der Waals surface area contributed by atoms with Crippen LogP contribution in [0.15, 0.2) is 18.2 Å². The van der Waals surface area contributed by atoms with Crippen molar-refractivity contribution in [2.45, 2.75) is 25.7 Å². The topological polar surface area (TPSA) is 75.6 Å². The second kappa shape index (κ2) is 5.18. The van der Waals surface area contributed by atoms with Crippen molar-refractivity contribution in [3.63, 3.8) is 0 Å². The number of nitrogens with one attached hydrogen (secondary N) is 1. The molecule has 1 amide bonds. The number of aliphatic hydroxyl groups is 1. The molecule has 1 heterocycles. The molecule has 0 aromatic heterocycles. The molecule has 2 N–H and O–H groups in total. The first-order valence-corrected chi connectivity index (χ1v) is 5.88. The fraction of sp³-hybridized carbons (Fsp3) is 0.385. The van der Waals surface area contributed by atoms with Crippen LogP contribution in [0.3, 0.4) is 0 Å². The zero-order valence-electron chi connectivity index (χ0n) is 10.1. The third kappa shape index (κ3) is 2.36. The Morgan fingerprint density at radius 3 is 3.00 bits per heavy atom. The Kier molecular flexibility index (Phi) is 3.62. The molecule has 1 aliphatic heterocycles. The summed E-state index contributed by atoms with van der Waals surface area (Å²) in [7, 11) is 0. The van der Waals surface area contributed by atoms with Gasteiger partial charge in [0.15, 0.2) is 11.5 Å². The molecule has 0 radical (unpaired) electrons. The van der Waals surface area contributed by atoms with Gasteiger partial charge >= 0.3 is 0 Å². The molecule has 1 aromatic carbocycles. The maximum absolute atomic E-state index is 11.8. The minimum absolute atomic E-state index is 0.000270. The van der Waals surface area contributed by atoms with Gasteiger partial charge in [0.25, 0.3) is 5.91 Å². The number of hydroxylamine groups is 1. The van der Waals surface area contributed by atoms with Crippen LogP contribution < -0.4 is 10.3 Å². The summed E-state index contributed by atoms with van der Waals surface area (Å²) in [5.74, 6) is -0.00541. The van der Waals surface area contributed by atoms with Crippen molar-refractivity contribution in [2.75, 3.05) is 6.61 Å². The number of ketones is 1. The SMILES string of the molecule is CC1C(=O)NOc2cc(C(=O)CCCO)ccc21. The van der Waals surface area contributed by atoms with Gasteiger partial charge in [0.1, 0.15) is 0 Å². The minimum Gasteiger partial charge on any atom is -0.396 e. The third-order valence-electron chi connectivity index (χ3n) is 3.02. The van der Waals surface area contributed by atoms with Gasteiger partial charge in [0.2, 0.25) is 0 Å².